The van der Waals surface area contributed by atoms with E-state index in [9.17, 15) is 13.6 Å². The number of H-pyrrole nitrogens is 1. The molecular formula is C11H9F2NO2. The number of aromatic amines is 1. The average molecular weight is 225 g/mol. The number of alkyl halides is 2. The van der Waals surface area contributed by atoms with E-state index in [1.807, 2.05) is 0 Å². The maximum atomic E-state index is 12.9. The summed E-state index contributed by atoms with van der Waals surface area (Å²) in [6.45, 7) is 0. The van der Waals surface area contributed by atoms with Gasteiger partial charge in [-0.3, -0.25) is 0 Å². The van der Waals surface area contributed by atoms with Gasteiger partial charge in [-0.25, -0.2) is 4.79 Å². The van der Waals surface area contributed by atoms with E-state index < -0.39 is 18.3 Å². The number of aromatic nitrogens is 1. The fourth-order valence-corrected chi connectivity index (χ4v) is 1.54. The van der Waals surface area contributed by atoms with Crippen molar-refractivity contribution in [2.75, 3.05) is 0 Å². The molecule has 84 valence electrons. The van der Waals surface area contributed by atoms with Crippen molar-refractivity contribution in [3.63, 3.8) is 0 Å². The molecule has 0 radical (unpaired) electrons. The molecule has 3 nitrogen and oxygen atoms in total. The third-order valence-corrected chi connectivity index (χ3v) is 2.31. The van der Waals surface area contributed by atoms with Crippen LogP contribution >= 0.6 is 0 Å². The first-order valence-electron chi connectivity index (χ1n) is 4.67. The number of hydrogen-bond acceptors (Lipinski definition) is 1. The molecule has 1 heterocycles. The van der Waals surface area contributed by atoms with Crippen LogP contribution in [0.15, 0.2) is 30.3 Å². The van der Waals surface area contributed by atoms with Crippen molar-refractivity contribution >= 4 is 16.9 Å². The van der Waals surface area contributed by atoms with E-state index in [1.54, 1.807) is 24.3 Å². The predicted molar refractivity (Wildman–Crippen MR) is 54.6 cm³/mol. The van der Waals surface area contributed by atoms with E-state index in [1.165, 1.54) is 6.07 Å². The zero-order valence-electron chi connectivity index (χ0n) is 8.21. The summed E-state index contributed by atoms with van der Waals surface area (Å²) >= 11 is 0. The number of aliphatic carboxylic acids is 1. The minimum absolute atomic E-state index is 0.216. The monoisotopic (exact) mass is 225 g/mol. The highest BCUT2D eigenvalue weighted by atomic mass is 19.3. The predicted octanol–water partition coefficient (Wildman–Crippen LogP) is 2.43. The molecule has 0 amide bonds. The van der Waals surface area contributed by atoms with Gasteiger partial charge in [0.15, 0.2) is 0 Å². The molecule has 2 aromatic rings. The summed E-state index contributed by atoms with van der Waals surface area (Å²) in [5, 5.41) is 9.10. The molecule has 0 bridgehead atoms. The number of hydrogen-bond donors (Lipinski definition) is 2. The third kappa shape index (κ3) is 1.88. The lowest BCUT2D eigenvalue weighted by molar-refractivity contribution is -0.164. The van der Waals surface area contributed by atoms with Crippen LogP contribution in [-0.2, 0) is 11.2 Å². The van der Waals surface area contributed by atoms with Gasteiger partial charge in [-0.15, -0.1) is 0 Å². The second kappa shape index (κ2) is 3.59. The van der Waals surface area contributed by atoms with E-state index in [0.717, 1.165) is 10.9 Å². The minimum atomic E-state index is -3.74. The van der Waals surface area contributed by atoms with Crippen molar-refractivity contribution < 1.29 is 18.7 Å². The molecule has 0 unspecified atom stereocenters. The van der Waals surface area contributed by atoms with E-state index in [-0.39, 0.29) is 5.69 Å². The van der Waals surface area contributed by atoms with E-state index in [2.05, 4.69) is 4.98 Å². The maximum Gasteiger partial charge on any atom is 0.374 e. The Morgan fingerprint density at radius 3 is 2.69 bits per heavy atom. The molecule has 1 aromatic carbocycles. The zero-order chi connectivity index (χ0) is 11.8. The molecule has 0 spiro atoms. The summed E-state index contributed by atoms with van der Waals surface area (Å²) in [6, 6.07) is 8.62. The van der Waals surface area contributed by atoms with Crippen molar-refractivity contribution in [3.8, 4) is 0 Å². The number of para-hydroxylation sites is 1. The van der Waals surface area contributed by atoms with Crippen LogP contribution in [-0.4, -0.2) is 22.0 Å². The highest BCUT2D eigenvalue weighted by Gasteiger charge is 2.39. The first-order chi connectivity index (χ1) is 7.49. The number of carboxylic acid groups (broad SMARTS) is 1. The lowest BCUT2D eigenvalue weighted by atomic mass is 10.2. The summed E-state index contributed by atoms with van der Waals surface area (Å²) < 4.78 is 25.9. The van der Waals surface area contributed by atoms with Gasteiger partial charge in [0.05, 0.1) is 6.42 Å². The first kappa shape index (κ1) is 10.6. The fourth-order valence-electron chi connectivity index (χ4n) is 1.54. The Hall–Kier alpha value is -1.91. The van der Waals surface area contributed by atoms with Gasteiger partial charge in [-0.1, -0.05) is 18.2 Å². The average Bonchev–Trinajstić information content (AvgIpc) is 2.58. The zero-order valence-corrected chi connectivity index (χ0v) is 8.21. The van der Waals surface area contributed by atoms with Crippen molar-refractivity contribution in [1.29, 1.82) is 0 Å². The van der Waals surface area contributed by atoms with Gasteiger partial charge in [-0.05, 0) is 17.5 Å². The van der Waals surface area contributed by atoms with Crippen LogP contribution in [0.5, 0.6) is 0 Å². The van der Waals surface area contributed by atoms with E-state index >= 15 is 0 Å². The first-order valence-corrected chi connectivity index (χ1v) is 4.67. The van der Waals surface area contributed by atoms with Crippen LogP contribution in [0.3, 0.4) is 0 Å². The summed E-state index contributed by atoms with van der Waals surface area (Å²) in [4.78, 5) is 13.0. The van der Waals surface area contributed by atoms with Crippen LogP contribution in [0, 0.1) is 0 Å². The Kier molecular flexibility index (Phi) is 2.38. The molecule has 16 heavy (non-hydrogen) atoms. The fraction of sp³-hybridized carbons (Fsp3) is 0.182. The maximum absolute atomic E-state index is 12.9. The van der Waals surface area contributed by atoms with Crippen molar-refractivity contribution in [3.05, 3.63) is 36.0 Å². The molecule has 2 rings (SSSR count). The lowest BCUT2D eigenvalue weighted by Crippen LogP contribution is -2.30. The van der Waals surface area contributed by atoms with Gasteiger partial charge in [0.1, 0.15) is 0 Å². The molecule has 0 atom stereocenters. The Bertz CT molecular complexity index is 501. The summed E-state index contributed by atoms with van der Waals surface area (Å²) in [5.74, 6) is -5.84. The molecule has 0 aliphatic heterocycles. The van der Waals surface area contributed by atoms with Gasteiger partial charge in [0, 0.05) is 11.2 Å². The number of benzene rings is 1. The van der Waals surface area contributed by atoms with Crippen LogP contribution in [0.25, 0.3) is 10.9 Å². The van der Waals surface area contributed by atoms with Crippen LogP contribution in [0.1, 0.15) is 5.69 Å². The third-order valence-electron chi connectivity index (χ3n) is 2.31. The summed E-state index contributed by atoms with van der Waals surface area (Å²) in [5.41, 5.74) is 0.937. The number of halogens is 2. The van der Waals surface area contributed by atoms with Crippen LogP contribution in [0.4, 0.5) is 8.78 Å². The van der Waals surface area contributed by atoms with Gasteiger partial charge in [0.2, 0.25) is 0 Å². The van der Waals surface area contributed by atoms with Gasteiger partial charge in [0.25, 0.3) is 0 Å². The highest BCUT2D eigenvalue weighted by Crippen LogP contribution is 2.22. The van der Waals surface area contributed by atoms with E-state index in [0.29, 0.717) is 0 Å². The van der Waals surface area contributed by atoms with Gasteiger partial charge >= 0.3 is 11.9 Å². The quantitative estimate of drug-likeness (QED) is 0.842. The number of fused-ring (bicyclic) bond motifs is 1. The van der Waals surface area contributed by atoms with Crippen LogP contribution in [0.2, 0.25) is 0 Å². The molecular weight excluding hydrogens is 216 g/mol. The second-order valence-electron chi connectivity index (χ2n) is 3.57. The Morgan fingerprint density at radius 2 is 2.06 bits per heavy atom. The Labute approximate surface area is 89.7 Å². The van der Waals surface area contributed by atoms with E-state index in [4.69, 9.17) is 5.11 Å². The number of nitrogens with one attached hydrogen (secondary N) is 1. The lowest BCUT2D eigenvalue weighted by Gasteiger charge is -2.08. The number of rotatable bonds is 3. The molecule has 2 N–H and O–H groups in total. The molecule has 1 aromatic heterocycles. The minimum Gasteiger partial charge on any atom is -0.477 e. The molecule has 0 saturated carbocycles. The second-order valence-corrected chi connectivity index (χ2v) is 3.57. The largest absolute Gasteiger partial charge is 0.477 e. The smallest absolute Gasteiger partial charge is 0.374 e. The molecule has 0 aliphatic carbocycles. The normalized spacial score (nSPS) is 11.9. The summed E-state index contributed by atoms with van der Waals surface area (Å²) in [7, 11) is 0. The van der Waals surface area contributed by atoms with Gasteiger partial charge in [-0.2, -0.15) is 8.78 Å². The Morgan fingerprint density at radius 1 is 1.38 bits per heavy atom. The molecule has 0 aliphatic rings. The summed E-state index contributed by atoms with van der Waals surface area (Å²) in [6.07, 6.45) is -0.822. The number of carboxylic acids is 1. The standard InChI is InChI=1S/C11H9F2NO2/c12-11(13,10(15)16)6-8-5-7-3-1-2-4-9(7)14-8/h1-5,14H,6H2,(H,15,16). The molecule has 0 saturated heterocycles. The van der Waals surface area contributed by atoms with Crippen LogP contribution < -0.4 is 0 Å². The molecule has 5 heteroatoms. The highest BCUT2D eigenvalue weighted by molar-refractivity contribution is 5.81. The topological polar surface area (TPSA) is 53.1 Å². The van der Waals surface area contributed by atoms with Crippen molar-refractivity contribution in [2.24, 2.45) is 0 Å². The van der Waals surface area contributed by atoms with Gasteiger partial charge < -0.3 is 10.1 Å². The SMILES string of the molecule is O=C(O)C(F)(F)Cc1cc2ccccc2[nH]1. The molecule has 0 fully saturated rings. The van der Waals surface area contributed by atoms with Crippen molar-refractivity contribution in [2.45, 2.75) is 12.3 Å². The Balaban J connectivity index is 2.32. The number of carbonyl (C=O) groups is 1. The van der Waals surface area contributed by atoms with Crippen molar-refractivity contribution in [1.82, 2.24) is 4.98 Å².